The molecule has 31 heavy (non-hydrogen) atoms. The van der Waals surface area contributed by atoms with Crippen molar-refractivity contribution >= 4 is 71.7 Å². The number of benzene rings is 2. The lowest BCUT2D eigenvalue weighted by Crippen LogP contribution is -2.48. The number of aromatic nitrogens is 1. The van der Waals surface area contributed by atoms with Crippen LogP contribution in [0.15, 0.2) is 40.9 Å². The number of amides is 1. The average molecular weight is 544 g/mol. The lowest BCUT2D eigenvalue weighted by molar-refractivity contribution is -0.123. The number of anilines is 1. The van der Waals surface area contributed by atoms with Crippen LogP contribution >= 0.6 is 50.5 Å². The Balaban J connectivity index is 1.17. The molecule has 1 amide bonds. The number of rotatable bonds is 7. The molecule has 6 nitrogen and oxygen atoms in total. The molecule has 0 spiro atoms. The molecular formula is C21H21BrCl2N4O2S. The summed E-state index contributed by atoms with van der Waals surface area (Å²) in [4.78, 5) is 21.5. The molecule has 0 saturated carbocycles. The summed E-state index contributed by atoms with van der Waals surface area (Å²) in [5.41, 5.74) is 1.04. The Hall–Kier alpha value is -1.58. The zero-order chi connectivity index (χ0) is 21.8. The minimum absolute atomic E-state index is 0.0805. The number of hydrogen-bond donors (Lipinski definition) is 1. The quantitative estimate of drug-likeness (QED) is 0.469. The second kappa shape index (κ2) is 10.4. The van der Waals surface area contributed by atoms with Gasteiger partial charge in [0.2, 0.25) is 0 Å². The van der Waals surface area contributed by atoms with Crippen LogP contribution in [0.2, 0.25) is 10.0 Å². The van der Waals surface area contributed by atoms with Crippen LogP contribution in [0.4, 0.5) is 5.13 Å². The van der Waals surface area contributed by atoms with Gasteiger partial charge in [-0.1, -0.05) is 50.5 Å². The molecular weight excluding hydrogens is 523 g/mol. The summed E-state index contributed by atoms with van der Waals surface area (Å²) in [5.74, 6) is 0.268. The smallest absolute Gasteiger partial charge is 0.257 e. The van der Waals surface area contributed by atoms with Crippen molar-refractivity contribution in [2.45, 2.75) is 0 Å². The molecule has 0 atom stereocenters. The summed E-state index contributed by atoms with van der Waals surface area (Å²) in [6.45, 7) is 5.02. The third kappa shape index (κ3) is 6.02. The molecule has 1 aromatic heterocycles. The van der Waals surface area contributed by atoms with Gasteiger partial charge < -0.3 is 15.0 Å². The van der Waals surface area contributed by atoms with Crippen molar-refractivity contribution < 1.29 is 9.53 Å². The number of hydrogen-bond acceptors (Lipinski definition) is 6. The van der Waals surface area contributed by atoms with Gasteiger partial charge in [0.05, 0.1) is 15.2 Å². The summed E-state index contributed by atoms with van der Waals surface area (Å²) >= 11 is 17.1. The number of nitrogens with zero attached hydrogens (tertiary/aromatic N) is 3. The minimum atomic E-state index is -0.176. The van der Waals surface area contributed by atoms with Gasteiger partial charge in [-0.15, -0.1) is 0 Å². The summed E-state index contributed by atoms with van der Waals surface area (Å²) in [5, 5.41) is 4.88. The van der Waals surface area contributed by atoms with Gasteiger partial charge in [-0.3, -0.25) is 9.69 Å². The highest BCUT2D eigenvalue weighted by atomic mass is 79.9. The van der Waals surface area contributed by atoms with E-state index in [1.54, 1.807) is 29.5 Å². The summed E-state index contributed by atoms with van der Waals surface area (Å²) in [6, 6.07) is 11.1. The van der Waals surface area contributed by atoms with Crippen LogP contribution < -0.4 is 15.0 Å². The van der Waals surface area contributed by atoms with Crippen molar-refractivity contribution in [1.29, 1.82) is 0 Å². The molecule has 10 heteroatoms. The van der Waals surface area contributed by atoms with E-state index in [4.69, 9.17) is 32.9 Å². The predicted molar refractivity (Wildman–Crippen MR) is 131 cm³/mol. The standard InChI is InChI=1S/C21H21BrCl2N4O2S/c22-14-1-3-17-19(11-14)31-21(26-17)28-9-7-27(8-10-28)6-5-25-20(29)13-30-18-4-2-15(23)12-16(18)24/h1-4,11-12H,5-10,13H2,(H,25,29). The van der Waals surface area contributed by atoms with Gasteiger partial charge in [-0.25, -0.2) is 4.98 Å². The Morgan fingerprint density at radius 1 is 1.16 bits per heavy atom. The van der Waals surface area contributed by atoms with Crippen molar-refractivity contribution in [3.8, 4) is 5.75 Å². The number of ether oxygens (including phenoxy) is 1. The van der Waals surface area contributed by atoms with Crippen LogP contribution in [-0.4, -0.2) is 61.7 Å². The van der Waals surface area contributed by atoms with Gasteiger partial charge in [-0.05, 0) is 36.4 Å². The Morgan fingerprint density at radius 3 is 2.74 bits per heavy atom. The monoisotopic (exact) mass is 542 g/mol. The number of fused-ring (bicyclic) bond motifs is 1. The maximum absolute atomic E-state index is 12.0. The van der Waals surface area contributed by atoms with Gasteiger partial charge in [0.25, 0.3) is 5.91 Å². The third-order valence-corrected chi connectivity index (χ3v) is 7.09. The normalized spacial score (nSPS) is 14.7. The molecule has 0 unspecified atom stereocenters. The molecule has 1 aliphatic heterocycles. The van der Waals surface area contributed by atoms with E-state index in [0.29, 0.717) is 22.3 Å². The highest BCUT2D eigenvalue weighted by Crippen LogP contribution is 2.31. The van der Waals surface area contributed by atoms with E-state index in [0.717, 1.165) is 47.8 Å². The maximum atomic E-state index is 12.0. The molecule has 164 valence electrons. The second-order valence-electron chi connectivity index (χ2n) is 7.15. The number of halogens is 3. The van der Waals surface area contributed by atoms with Gasteiger partial charge in [0, 0.05) is 48.8 Å². The Kier molecular flexibility index (Phi) is 7.55. The van der Waals surface area contributed by atoms with E-state index in [1.807, 2.05) is 12.1 Å². The van der Waals surface area contributed by atoms with Crippen LogP contribution in [0.5, 0.6) is 5.75 Å². The lowest BCUT2D eigenvalue weighted by atomic mass is 10.3. The Morgan fingerprint density at radius 2 is 1.97 bits per heavy atom. The zero-order valence-electron chi connectivity index (χ0n) is 16.6. The number of piperazine rings is 1. The van der Waals surface area contributed by atoms with Crippen LogP contribution in [0.25, 0.3) is 10.2 Å². The molecule has 0 radical (unpaired) electrons. The van der Waals surface area contributed by atoms with Crippen LogP contribution in [0.3, 0.4) is 0 Å². The second-order valence-corrected chi connectivity index (χ2v) is 9.92. The molecule has 4 rings (SSSR count). The number of carbonyl (C=O) groups is 1. The summed E-state index contributed by atoms with van der Waals surface area (Å²) in [7, 11) is 0. The maximum Gasteiger partial charge on any atom is 0.257 e. The molecule has 3 aromatic rings. The van der Waals surface area contributed by atoms with Crippen molar-refractivity contribution in [3.05, 3.63) is 50.9 Å². The predicted octanol–water partition coefficient (Wildman–Crippen LogP) is 4.68. The van der Waals surface area contributed by atoms with Crippen molar-refractivity contribution in [3.63, 3.8) is 0 Å². The molecule has 1 aliphatic rings. The largest absolute Gasteiger partial charge is 0.482 e. The number of nitrogens with one attached hydrogen (secondary N) is 1. The van der Waals surface area contributed by atoms with Gasteiger partial charge in [0.1, 0.15) is 5.75 Å². The van der Waals surface area contributed by atoms with Gasteiger partial charge in [0.15, 0.2) is 11.7 Å². The third-order valence-electron chi connectivity index (χ3n) is 4.98. The van der Waals surface area contributed by atoms with Crippen molar-refractivity contribution in [2.24, 2.45) is 0 Å². The highest BCUT2D eigenvalue weighted by molar-refractivity contribution is 9.10. The first-order chi connectivity index (χ1) is 15.0. The molecule has 0 aliphatic carbocycles. The van der Waals surface area contributed by atoms with E-state index in [2.05, 4.69) is 37.1 Å². The molecule has 2 heterocycles. The van der Waals surface area contributed by atoms with E-state index in [9.17, 15) is 4.79 Å². The first-order valence-corrected chi connectivity index (χ1v) is 12.2. The fraction of sp³-hybridized carbons (Fsp3) is 0.333. The first-order valence-electron chi connectivity index (χ1n) is 9.86. The zero-order valence-corrected chi connectivity index (χ0v) is 20.5. The topological polar surface area (TPSA) is 57.7 Å². The molecule has 1 N–H and O–H groups in total. The summed E-state index contributed by atoms with van der Waals surface area (Å²) in [6.07, 6.45) is 0. The summed E-state index contributed by atoms with van der Waals surface area (Å²) < 4.78 is 7.72. The van der Waals surface area contributed by atoms with Crippen LogP contribution in [-0.2, 0) is 4.79 Å². The molecule has 1 fully saturated rings. The first kappa shape index (κ1) is 22.6. The van der Waals surface area contributed by atoms with Gasteiger partial charge >= 0.3 is 0 Å². The molecule has 2 aromatic carbocycles. The SMILES string of the molecule is O=C(COc1ccc(Cl)cc1Cl)NCCN1CCN(c2nc3ccc(Br)cc3s2)CC1. The highest BCUT2D eigenvalue weighted by Gasteiger charge is 2.20. The molecule has 0 bridgehead atoms. The van der Waals surface area contributed by atoms with E-state index >= 15 is 0 Å². The van der Waals surface area contributed by atoms with Gasteiger partial charge in [-0.2, -0.15) is 0 Å². The van der Waals surface area contributed by atoms with Crippen molar-refractivity contribution in [2.75, 3.05) is 50.8 Å². The van der Waals surface area contributed by atoms with Crippen molar-refractivity contribution in [1.82, 2.24) is 15.2 Å². The van der Waals surface area contributed by atoms with E-state index in [-0.39, 0.29) is 12.5 Å². The Bertz CT molecular complexity index is 1070. The average Bonchev–Trinajstić information content (AvgIpc) is 3.17. The fourth-order valence-electron chi connectivity index (χ4n) is 3.32. The van der Waals surface area contributed by atoms with Crippen LogP contribution in [0, 0.1) is 0 Å². The van der Waals surface area contributed by atoms with Crippen LogP contribution in [0.1, 0.15) is 0 Å². The Labute approximate surface area is 203 Å². The lowest BCUT2D eigenvalue weighted by Gasteiger charge is -2.34. The molecule has 1 saturated heterocycles. The fourth-order valence-corrected chi connectivity index (χ4v) is 5.36. The number of thiazole rings is 1. The van der Waals surface area contributed by atoms with E-state index in [1.165, 1.54) is 4.70 Å². The van der Waals surface area contributed by atoms with E-state index < -0.39 is 0 Å². The number of carbonyl (C=O) groups excluding carboxylic acids is 1. The minimum Gasteiger partial charge on any atom is -0.482 e.